The molecule has 0 radical (unpaired) electrons. The van der Waals surface area contributed by atoms with Crippen LogP contribution in [-0.4, -0.2) is 19.0 Å². The average molecular weight is 365 g/mol. The van der Waals surface area contributed by atoms with Gasteiger partial charge in [0, 0.05) is 11.6 Å². The van der Waals surface area contributed by atoms with E-state index in [1.807, 2.05) is 26.0 Å². The minimum absolute atomic E-state index is 0.460. The second kappa shape index (κ2) is 9.97. The van der Waals surface area contributed by atoms with Gasteiger partial charge in [0.05, 0.1) is 12.8 Å². The number of anilines is 1. The molecule has 0 aromatic heterocycles. The highest BCUT2D eigenvalue weighted by Gasteiger charge is 2.25. The number of aryl methyl sites for hydroxylation is 1. The second-order valence-electron chi connectivity index (χ2n) is 5.81. The van der Waals surface area contributed by atoms with Gasteiger partial charge in [-0.15, -0.1) is 0 Å². The van der Waals surface area contributed by atoms with E-state index in [1.165, 1.54) is 13.2 Å². The van der Waals surface area contributed by atoms with Crippen LogP contribution in [-0.2, 0) is 14.3 Å². The molecule has 0 spiro atoms. The Kier molecular flexibility index (Phi) is 7.37. The zero-order valence-electron chi connectivity index (χ0n) is 15.6. The van der Waals surface area contributed by atoms with Gasteiger partial charge in [-0.2, -0.15) is 0 Å². The summed E-state index contributed by atoms with van der Waals surface area (Å²) in [6.07, 6.45) is 5.24. The minimum Gasteiger partial charge on any atom is -0.495 e. The maximum absolute atomic E-state index is 12.9. The first kappa shape index (κ1) is 20.0. The number of allylic oxidation sites excluding steroid dienone is 3. The lowest BCUT2D eigenvalue weighted by Gasteiger charge is -2.18. The van der Waals surface area contributed by atoms with Crippen LogP contribution in [0.1, 0.15) is 24.2 Å². The molecular formula is C22H23NO4. The van der Waals surface area contributed by atoms with Crippen LogP contribution >= 0.6 is 0 Å². The first-order valence-corrected chi connectivity index (χ1v) is 8.55. The van der Waals surface area contributed by atoms with E-state index in [0.717, 1.165) is 5.56 Å². The second-order valence-corrected chi connectivity index (χ2v) is 5.81. The molecule has 0 saturated heterocycles. The normalized spacial score (nSPS) is 12.1. The average Bonchev–Trinajstić information content (AvgIpc) is 2.67. The predicted octanol–water partition coefficient (Wildman–Crippen LogP) is 4.36. The van der Waals surface area contributed by atoms with Gasteiger partial charge in [0.1, 0.15) is 5.75 Å². The summed E-state index contributed by atoms with van der Waals surface area (Å²) in [6, 6.07) is 14.3. The van der Waals surface area contributed by atoms with Gasteiger partial charge in [0.25, 0.3) is 5.91 Å². The van der Waals surface area contributed by atoms with Crippen molar-refractivity contribution in [3.63, 3.8) is 0 Å². The van der Waals surface area contributed by atoms with Crippen molar-refractivity contribution in [1.29, 1.82) is 0 Å². The molecule has 140 valence electrons. The fourth-order valence-corrected chi connectivity index (χ4v) is 2.42. The van der Waals surface area contributed by atoms with E-state index in [2.05, 4.69) is 5.32 Å². The van der Waals surface area contributed by atoms with E-state index >= 15 is 0 Å². The Balaban J connectivity index is 2.26. The molecule has 0 saturated carbocycles. The summed E-state index contributed by atoms with van der Waals surface area (Å²) < 4.78 is 10.7. The van der Waals surface area contributed by atoms with E-state index in [-0.39, 0.29) is 0 Å². The van der Waals surface area contributed by atoms with Crippen molar-refractivity contribution in [2.45, 2.75) is 20.0 Å². The molecule has 0 aliphatic heterocycles. The highest BCUT2D eigenvalue weighted by atomic mass is 16.5. The number of esters is 1. The number of benzene rings is 2. The molecule has 1 atom stereocenters. The van der Waals surface area contributed by atoms with Gasteiger partial charge in [-0.3, -0.25) is 4.79 Å². The van der Waals surface area contributed by atoms with Crippen molar-refractivity contribution in [1.82, 2.24) is 0 Å². The summed E-state index contributed by atoms with van der Waals surface area (Å²) in [6.45, 7) is 3.75. The Morgan fingerprint density at radius 1 is 1.07 bits per heavy atom. The number of carbonyl (C=O) groups excluding carboxylic acids is 2. The topological polar surface area (TPSA) is 64.6 Å². The zero-order chi connectivity index (χ0) is 19.6. The molecule has 0 fully saturated rings. The van der Waals surface area contributed by atoms with E-state index in [4.69, 9.17) is 9.47 Å². The van der Waals surface area contributed by atoms with Crippen LogP contribution in [0.3, 0.4) is 0 Å². The molecule has 1 N–H and O–H groups in total. The van der Waals surface area contributed by atoms with Crippen molar-refractivity contribution in [2.24, 2.45) is 0 Å². The molecule has 27 heavy (non-hydrogen) atoms. The number of hydrogen-bond donors (Lipinski definition) is 1. The SMILES string of the molecule is C/C=C/C=C/C(=O)O[C@H](C(=O)Nc1cc(C)ccc1OC)c1ccccc1. The summed E-state index contributed by atoms with van der Waals surface area (Å²) in [5.74, 6) is -0.536. The zero-order valence-corrected chi connectivity index (χ0v) is 15.6. The number of methoxy groups -OCH3 is 1. The molecule has 2 aromatic rings. The van der Waals surface area contributed by atoms with Crippen LogP contribution in [0.25, 0.3) is 0 Å². The molecular weight excluding hydrogens is 342 g/mol. The Labute approximate surface area is 159 Å². The molecule has 0 bridgehead atoms. The van der Waals surface area contributed by atoms with Gasteiger partial charge < -0.3 is 14.8 Å². The maximum atomic E-state index is 12.9. The first-order valence-electron chi connectivity index (χ1n) is 8.55. The van der Waals surface area contributed by atoms with Crippen molar-refractivity contribution in [2.75, 3.05) is 12.4 Å². The van der Waals surface area contributed by atoms with Crippen molar-refractivity contribution < 1.29 is 19.1 Å². The Morgan fingerprint density at radius 3 is 2.48 bits per heavy atom. The summed E-state index contributed by atoms with van der Waals surface area (Å²) in [4.78, 5) is 25.0. The third-order valence-electron chi connectivity index (χ3n) is 3.72. The third-order valence-corrected chi connectivity index (χ3v) is 3.72. The van der Waals surface area contributed by atoms with Gasteiger partial charge in [-0.05, 0) is 31.5 Å². The Hall–Kier alpha value is -3.34. The van der Waals surface area contributed by atoms with Crippen LogP contribution in [0.5, 0.6) is 5.75 Å². The van der Waals surface area contributed by atoms with Gasteiger partial charge in [-0.25, -0.2) is 4.79 Å². The highest BCUT2D eigenvalue weighted by Crippen LogP contribution is 2.27. The minimum atomic E-state index is -1.08. The van der Waals surface area contributed by atoms with E-state index < -0.39 is 18.0 Å². The van der Waals surface area contributed by atoms with Crippen LogP contribution < -0.4 is 10.1 Å². The molecule has 0 heterocycles. The molecule has 2 rings (SSSR count). The largest absolute Gasteiger partial charge is 0.495 e. The molecule has 0 unspecified atom stereocenters. The van der Waals surface area contributed by atoms with E-state index in [9.17, 15) is 9.59 Å². The maximum Gasteiger partial charge on any atom is 0.331 e. The fourth-order valence-electron chi connectivity index (χ4n) is 2.42. The monoisotopic (exact) mass is 365 g/mol. The van der Waals surface area contributed by atoms with E-state index in [1.54, 1.807) is 54.6 Å². The summed E-state index contributed by atoms with van der Waals surface area (Å²) in [5, 5.41) is 2.79. The van der Waals surface area contributed by atoms with Gasteiger partial charge >= 0.3 is 5.97 Å². The lowest BCUT2D eigenvalue weighted by Crippen LogP contribution is -2.25. The summed E-state index contributed by atoms with van der Waals surface area (Å²) >= 11 is 0. The molecule has 1 amide bonds. The summed E-state index contributed by atoms with van der Waals surface area (Å²) in [7, 11) is 1.53. The number of rotatable bonds is 7. The lowest BCUT2D eigenvalue weighted by molar-refractivity contribution is -0.149. The van der Waals surface area contributed by atoms with Crippen LogP contribution in [0.15, 0.2) is 72.8 Å². The Bertz CT molecular complexity index is 841. The van der Waals surface area contributed by atoms with Crippen molar-refractivity contribution >= 4 is 17.6 Å². The van der Waals surface area contributed by atoms with Crippen LogP contribution in [0, 0.1) is 6.92 Å². The number of nitrogens with one attached hydrogen (secondary N) is 1. The van der Waals surface area contributed by atoms with Crippen molar-refractivity contribution in [3.05, 3.63) is 84.0 Å². The van der Waals surface area contributed by atoms with E-state index in [0.29, 0.717) is 17.0 Å². The van der Waals surface area contributed by atoms with Crippen molar-refractivity contribution in [3.8, 4) is 5.75 Å². The molecule has 0 aliphatic rings. The number of amides is 1. The molecule has 2 aromatic carbocycles. The predicted molar refractivity (Wildman–Crippen MR) is 106 cm³/mol. The first-order chi connectivity index (χ1) is 13.0. The van der Waals surface area contributed by atoms with Crippen LogP contribution in [0.4, 0.5) is 5.69 Å². The van der Waals surface area contributed by atoms with Gasteiger partial charge in [-0.1, -0.05) is 54.6 Å². The molecule has 0 aliphatic carbocycles. The fraction of sp³-hybridized carbons (Fsp3) is 0.182. The Morgan fingerprint density at radius 2 is 1.81 bits per heavy atom. The smallest absolute Gasteiger partial charge is 0.331 e. The summed E-state index contributed by atoms with van der Waals surface area (Å²) in [5.41, 5.74) is 2.06. The standard InChI is InChI=1S/C22H23NO4/c1-4-5-7-12-20(24)27-21(17-10-8-6-9-11-17)22(25)23-18-15-16(2)13-14-19(18)26-3/h4-15,21H,1-3H3,(H,23,25)/b5-4+,12-7+/t21-/m0/s1. The number of carbonyl (C=O) groups is 2. The number of hydrogen-bond acceptors (Lipinski definition) is 4. The lowest BCUT2D eigenvalue weighted by atomic mass is 10.1. The quantitative estimate of drug-likeness (QED) is 0.450. The highest BCUT2D eigenvalue weighted by molar-refractivity contribution is 5.98. The number of ether oxygens (including phenoxy) is 2. The molecule has 5 heteroatoms. The third kappa shape index (κ3) is 5.85. The van der Waals surface area contributed by atoms with Crippen LogP contribution in [0.2, 0.25) is 0 Å². The molecule has 5 nitrogen and oxygen atoms in total. The van der Waals surface area contributed by atoms with Gasteiger partial charge in [0.15, 0.2) is 0 Å². The van der Waals surface area contributed by atoms with Gasteiger partial charge in [0.2, 0.25) is 6.10 Å².